The van der Waals surface area contributed by atoms with Gasteiger partial charge in [0.15, 0.2) is 0 Å². The van der Waals surface area contributed by atoms with Gasteiger partial charge < -0.3 is 29.4 Å². The molecule has 0 fully saturated rings. The topological polar surface area (TPSA) is 253 Å². The second-order valence-corrected chi connectivity index (χ2v) is 29.2. The number of ether oxygens (including phenoxy) is 3. The number of hydrogen-bond acceptors (Lipinski definition) is 15. The van der Waals surface area contributed by atoms with Crippen LogP contribution in [0.5, 0.6) is 28.7 Å². The number of imidazole rings is 4. The monoisotopic (exact) mass is 1840 g/mol. The lowest BCUT2D eigenvalue weighted by molar-refractivity contribution is -0.134. The Hall–Kier alpha value is -14.3. The Bertz CT molecular complexity index is 7620. The van der Waals surface area contributed by atoms with E-state index in [4.69, 9.17) is 35.7 Å². The molecule has 120 heavy (non-hydrogen) atoms. The van der Waals surface area contributed by atoms with Crippen molar-refractivity contribution in [3.8, 4) is 51.8 Å². The molecule has 588 valence electrons. The van der Waals surface area contributed by atoms with Crippen LogP contribution in [0.3, 0.4) is 0 Å². The maximum absolute atomic E-state index is 9.66. The number of carboxylic acids is 1. The number of fused-ring (bicyclic) bond motifs is 24. The number of rotatable bonds is 7. The number of phenols is 1. The van der Waals surface area contributed by atoms with E-state index in [-0.39, 0.29) is 22.7 Å². The zero-order valence-corrected chi connectivity index (χ0v) is 70.2. The number of phenolic OH excluding ortho intramolecular Hbond substituents is 1. The number of aromatic amines is 1. The summed E-state index contributed by atoms with van der Waals surface area (Å²) >= 11 is 11.3. The molecular weight excluding hydrogens is 1770 g/mol. The quantitative estimate of drug-likeness (QED) is 0.0762. The molecule has 0 spiro atoms. The van der Waals surface area contributed by atoms with Crippen LogP contribution >= 0.6 is 67.1 Å². The van der Waals surface area contributed by atoms with Crippen LogP contribution in [0.25, 0.3) is 149 Å². The van der Waals surface area contributed by atoms with Crippen molar-refractivity contribution in [1.29, 1.82) is 0 Å². The summed E-state index contributed by atoms with van der Waals surface area (Å²) in [7, 11) is 3.33. The molecule has 15 aromatic heterocycles. The molecule has 23 aromatic rings. The molecule has 0 aliphatic heterocycles. The minimum Gasteiger partial charge on any atom is -0.508 e. The van der Waals surface area contributed by atoms with E-state index in [1.165, 1.54) is 27.2 Å². The van der Waals surface area contributed by atoms with Crippen molar-refractivity contribution in [1.82, 2.24) is 77.2 Å². The van der Waals surface area contributed by atoms with Gasteiger partial charge in [0, 0.05) is 164 Å². The standard InChI is InChI=1S/C31H19N5O.C17H11BrN2.C15H11N3O.C14H9N3O.C10H10N2O.C5H3ClIN.C2H4O2.BrH/c1-2-7-26-22(6-1)23-12-10-21(19-28(23)36(26)29-9-3-4-14-32-29)37-20-11-13-24-25(18-20)30-27(8-5-15-33-30)35-17-16-34-31(24)35;18-12-8-9-14-13-5-1-2-6-15(13)20(16(14)11-12)17-7-3-4-10-19-17;1-19-10-4-5-11-12(9-10)14-13(3-2-6-16-14)18-8-7-17-15(11)18;18-9-3-4-10-11(8-9)13-12(2-1-5-15-13)17-7-6-16-14(10)17;1-13-9-4-2-8(3-5-9)10-11-6-7-12-10;6-5-4(7)2-1-3-8-5;1-2(3)4;/h1-19H;1-11H;2-9H,1H3;1-8,18H;2-7H,1H3,(H,11,12);1-3H;1H3,(H,3,4);1H. The lowest BCUT2D eigenvalue weighted by atomic mass is 10.1. The third-order valence-corrected chi connectivity index (χ3v) is 21.6. The van der Waals surface area contributed by atoms with Crippen molar-refractivity contribution in [2.24, 2.45) is 0 Å². The van der Waals surface area contributed by atoms with Gasteiger partial charge in [-0.05, 0) is 211 Å². The average molecular weight is 1840 g/mol. The molecule has 0 atom stereocenters. The summed E-state index contributed by atoms with van der Waals surface area (Å²) in [6.45, 7) is 1.08. The predicted molar refractivity (Wildman–Crippen MR) is 493 cm³/mol. The van der Waals surface area contributed by atoms with Gasteiger partial charge in [0.05, 0.1) is 73.0 Å². The Morgan fingerprint density at radius 2 is 0.800 bits per heavy atom. The SMILES string of the molecule is Br.Brc1ccc2c3ccccc3n(-c3ccccn3)c2c1.CC(=O)O.COc1ccc(-c2ncc[nH]2)cc1.COc1ccc2c(c1)c1ncccc1n1ccnc21.Clc1ncccc1I.Oc1ccc2c(c1)c1ncccc1n1ccnc21.c1ccc(-n2c3ccccc3c3ccc(Oc4ccc5c(c4)c4ncccc4n4ccnc54)cc32)nc1. The maximum atomic E-state index is 9.66. The van der Waals surface area contributed by atoms with E-state index in [0.717, 1.165) is 160 Å². The molecular formula is C94H68Br2ClIN16O6. The van der Waals surface area contributed by atoms with E-state index in [1.54, 1.807) is 57.3 Å². The number of aromatic nitrogens is 16. The van der Waals surface area contributed by atoms with Gasteiger partial charge in [0.25, 0.3) is 5.97 Å². The summed E-state index contributed by atoms with van der Waals surface area (Å²) in [6.07, 6.45) is 25.5. The summed E-state index contributed by atoms with van der Waals surface area (Å²) in [4.78, 5) is 56.2. The Kier molecular flexibility index (Phi) is 23.7. The van der Waals surface area contributed by atoms with Gasteiger partial charge in [0.1, 0.15) is 68.3 Å². The number of para-hydroxylation sites is 2. The Labute approximate surface area is 721 Å². The molecule has 22 nitrogen and oxygen atoms in total. The van der Waals surface area contributed by atoms with E-state index in [9.17, 15) is 5.11 Å². The second kappa shape index (κ2) is 35.7. The van der Waals surface area contributed by atoms with Crippen molar-refractivity contribution in [2.75, 3.05) is 14.2 Å². The molecule has 23 rings (SSSR count). The Morgan fingerprint density at radius 3 is 1.27 bits per heavy atom. The summed E-state index contributed by atoms with van der Waals surface area (Å²) in [5.74, 6) is 5.29. The first-order chi connectivity index (χ1) is 58.4. The van der Waals surface area contributed by atoms with Gasteiger partial charge in [-0.2, -0.15) is 0 Å². The fraction of sp³-hybridized carbons (Fsp3) is 0.0319. The second-order valence-electron chi connectivity index (χ2n) is 26.8. The minimum absolute atomic E-state index is 0. The lowest BCUT2D eigenvalue weighted by Crippen LogP contribution is -1.96. The highest BCUT2D eigenvalue weighted by Gasteiger charge is 2.19. The fourth-order valence-corrected chi connectivity index (χ4v) is 15.3. The number of carbonyl (C=O) groups is 1. The van der Waals surface area contributed by atoms with Crippen LogP contribution in [0, 0.1) is 3.57 Å². The number of aromatic hydroxyl groups is 1. The predicted octanol–water partition coefficient (Wildman–Crippen LogP) is 23.1. The molecule has 0 saturated carbocycles. The van der Waals surface area contributed by atoms with Gasteiger partial charge >= 0.3 is 0 Å². The third-order valence-electron chi connectivity index (χ3n) is 19.6. The Morgan fingerprint density at radius 1 is 0.392 bits per heavy atom. The number of aliphatic carboxylic acids is 1. The highest BCUT2D eigenvalue weighted by molar-refractivity contribution is 14.1. The normalized spacial score (nSPS) is 10.9. The molecule has 0 unspecified atom stereocenters. The molecule has 0 aliphatic carbocycles. The molecule has 0 aliphatic rings. The summed E-state index contributed by atoms with van der Waals surface area (Å²) in [6, 6.07) is 82.2. The summed E-state index contributed by atoms with van der Waals surface area (Å²) in [5, 5.41) is 28.6. The molecule has 0 amide bonds. The number of benzene rings is 8. The zero-order chi connectivity index (χ0) is 81.5. The van der Waals surface area contributed by atoms with Crippen molar-refractivity contribution >= 4 is 199 Å². The first-order valence-corrected chi connectivity index (χ1v) is 39.6. The van der Waals surface area contributed by atoms with Gasteiger partial charge in [-0.25, -0.2) is 34.9 Å². The average Bonchev–Trinajstić information content (AvgIpc) is 1.48. The van der Waals surface area contributed by atoms with E-state index in [0.29, 0.717) is 5.15 Å². The fourth-order valence-electron chi connectivity index (χ4n) is 14.5. The molecule has 0 radical (unpaired) electrons. The van der Waals surface area contributed by atoms with Crippen LogP contribution in [0.2, 0.25) is 5.15 Å². The van der Waals surface area contributed by atoms with Crippen LogP contribution in [0.4, 0.5) is 0 Å². The van der Waals surface area contributed by atoms with Crippen LogP contribution in [0.1, 0.15) is 6.92 Å². The molecule has 0 bridgehead atoms. The molecule has 0 saturated heterocycles. The van der Waals surface area contributed by atoms with Gasteiger partial charge in [-0.3, -0.25) is 42.1 Å². The van der Waals surface area contributed by atoms with Gasteiger partial charge in [-0.15, -0.1) is 17.0 Å². The zero-order valence-electron chi connectivity index (χ0n) is 64.0. The smallest absolute Gasteiger partial charge is 0.300 e. The van der Waals surface area contributed by atoms with Gasteiger partial charge in [0.2, 0.25) is 0 Å². The number of hydrogen-bond donors (Lipinski definition) is 3. The minimum atomic E-state index is -0.833. The molecule has 8 aromatic carbocycles. The van der Waals surface area contributed by atoms with Gasteiger partial charge in [-0.1, -0.05) is 82.1 Å². The number of methoxy groups -OCH3 is 2. The number of nitrogens with one attached hydrogen (secondary N) is 1. The maximum Gasteiger partial charge on any atom is 0.300 e. The van der Waals surface area contributed by atoms with Crippen LogP contribution < -0.4 is 14.2 Å². The van der Waals surface area contributed by atoms with Crippen molar-refractivity contribution in [2.45, 2.75) is 6.92 Å². The van der Waals surface area contributed by atoms with Crippen LogP contribution in [0.15, 0.2) is 340 Å². The van der Waals surface area contributed by atoms with E-state index < -0.39 is 5.97 Å². The highest BCUT2D eigenvalue weighted by atomic mass is 127. The van der Waals surface area contributed by atoms with E-state index in [1.807, 2.05) is 194 Å². The number of carboxylic acid groups (broad SMARTS) is 1. The molecule has 26 heteroatoms. The number of H-pyrrole nitrogens is 1. The number of halogens is 4. The van der Waals surface area contributed by atoms with Crippen molar-refractivity contribution in [3.63, 3.8) is 0 Å². The van der Waals surface area contributed by atoms with E-state index >= 15 is 0 Å². The first kappa shape index (κ1) is 79.6. The lowest BCUT2D eigenvalue weighted by Gasteiger charge is -2.11. The van der Waals surface area contributed by atoms with Crippen LogP contribution in [-0.2, 0) is 4.79 Å². The number of pyridine rings is 9. The highest BCUT2D eigenvalue weighted by Crippen LogP contribution is 2.39. The summed E-state index contributed by atoms with van der Waals surface area (Å²) < 4.78 is 29.4. The van der Waals surface area contributed by atoms with Crippen LogP contribution in [-0.4, -0.2) is 108 Å². The van der Waals surface area contributed by atoms with Crippen molar-refractivity contribution in [3.05, 3.63) is 349 Å². The largest absolute Gasteiger partial charge is 0.508 e. The third kappa shape index (κ3) is 16.2. The molecule has 15 heterocycles. The van der Waals surface area contributed by atoms with Crippen molar-refractivity contribution < 1.29 is 29.2 Å². The summed E-state index contributed by atoms with van der Waals surface area (Å²) in [5.41, 5.74) is 14.1. The van der Waals surface area contributed by atoms with E-state index in [2.05, 4.69) is 214 Å². The Balaban J connectivity index is 0.000000112. The molecule has 3 N–H and O–H groups in total. The first-order valence-electron chi connectivity index (χ1n) is 37.3. The number of nitrogens with zero attached hydrogens (tertiary/aromatic N) is 15.